The number of nitrogen functional groups attached to an aromatic ring is 2. The van der Waals surface area contributed by atoms with Gasteiger partial charge in [0.2, 0.25) is 5.12 Å². The number of benzene rings is 1. The Kier molecular flexibility index (Phi) is 3.50. The number of fused-ring (bicyclic) bond motifs is 1. The molecule has 0 saturated carbocycles. The summed E-state index contributed by atoms with van der Waals surface area (Å²) in [6.07, 6.45) is 0. The van der Waals surface area contributed by atoms with E-state index in [0.717, 1.165) is 22.2 Å². The molecule has 0 fully saturated rings. The number of rotatable bonds is 2. The second-order valence-corrected chi connectivity index (χ2v) is 5.52. The summed E-state index contributed by atoms with van der Waals surface area (Å²) in [6, 6.07) is 16.5. The predicted molar refractivity (Wildman–Crippen MR) is 86.3 cm³/mol. The summed E-state index contributed by atoms with van der Waals surface area (Å²) in [7, 11) is 0. The molecule has 3 rings (SSSR count). The van der Waals surface area contributed by atoms with Gasteiger partial charge >= 0.3 is 0 Å². The topological polar surface area (TPSA) is 82.0 Å². The third kappa shape index (κ3) is 2.55. The van der Waals surface area contributed by atoms with Crippen LogP contribution in [0, 0.1) is 0 Å². The van der Waals surface area contributed by atoms with Crippen molar-refractivity contribution in [3.63, 3.8) is 0 Å². The van der Waals surface area contributed by atoms with Crippen molar-refractivity contribution < 1.29 is 4.79 Å². The van der Waals surface area contributed by atoms with Crippen molar-refractivity contribution in [3.8, 4) is 11.3 Å². The van der Waals surface area contributed by atoms with Crippen molar-refractivity contribution in [1.29, 1.82) is 0 Å². The van der Waals surface area contributed by atoms with Crippen molar-refractivity contribution in [3.05, 3.63) is 60.2 Å². The molecule has 1 aliphatic heterocycles. The van der Waals surface area contributed by atoms with Crippen LogP contribution in [0.1, 0.15) is 10.4 Å². The second kappa shape index (κ2) is 5.46. The quantitative estimate of drug-likeness (QED) is 0.560. The molecule has 4 N–H and O–H groups in total. The van der Waals surface area contributed by atoms with Gasteiger partial charge in [-0.1, -0.05) is 36.4 Å². The minimum absolute atomic E-state index is 0.154. The Bertz CT molecular complexity index is 788. The highest BCUT2D eigenvalue weighted by Crippen LogP contribution is 2.35. The van der Waals surface area contributed by atoms with Crippen molar-refractivity contribution in [2.24, 2.45) is 0 Å². The number of hydrogen-bond acceptors (Lipinski definition) is 5. The van der Waals surface area contributed by atoms with Crippen molar-refractivity contribution >= 4 is 28.4 Å². The Morgan fingerprint density at radius 3 is 2.48 bits per heavy atom. The van der Waals surface area contributed by atoms with E-state index in [9.17, 15) is 4.79 Å². The fraction of sp³-hybridized carbons (Fsp3) is 0. The van der Waals surface area contributed by atoms with Crippen LogP contribution in [0.2, 0.25) is 0 Å². The zero-order valence-corrected chi connectivity index (χ0v) is 11.9. The van der Waals surface area contributed by atoms with E-state index in [0.29, 0.717) is 16.9 Å². The minimum Gasteiger partial charge on any atom is -0.398 e. The van der Waals surface area contributed by atoms with E-state index in [1.807, 2.05) is 48.5 Å². The van der Waals surface area contributed by atoms with Crippen LogP contribution in [0.3, 0.4) is 0 Å². The van der Waals surface area contributed by atoms with Gasteiger partial charge in [-0.15, -0.1) is 0 Å². The minimum atomic E-state index is -0.154. The zero-order chi connectivity index (χ0) is 14.8. The Morgan fingerprint density at radius 1 is 0.952 bits per heavy atom. The summed E-state index contributed by atoms with van der Waals surface area (Å²) in [4.78, 5) is 17.5. The van der Waals surface area contributed by atoms with Crippen LogP contribution in [0.25, 0.3) is 11.3 Å². The maximum absolute atomic E-state index is 12.6. The van der Waals surface area contributed by atoms with Crippen LogP contribution in [-0.2, 0) is 0 Å². The molecule has 0 bridgehead atoms. The maximum atomic E-state index is 12.6. The first kappa shape index (κ1) is 13.5. The Hall–Kier alpha value is -2.53. The number of carbonyl (C=O) groups excluding carboxylic acids is 1. The first-order valence-corrected chi connectivity index (χ1v) is 7.19. The number of para-hydroxylation sites is 1. The second-order valence-electron chi connectivity index (χ2n) is 4.51. The largest absolute Gasteiger partial charge is 0.398 e. The fourth-order valence-electron chi connectivity index (χ4n) is 2.11. The molecule has 1 heterocycles. The van der Waals surface area contributed by atoms with Gasteiger partial charge in [-0.2, -0.15) is 0 Å². The van der Waals surface area contributed by atoms with Crippen molar-refractivity contribution in [2.45, 2.75) is 4.90 Å². The molecule has 0 atom stereocenters. The van der Waals surface area contributed by atoms with Gasteiger partial charge in [-0.25, -0.2) is 4.98 Å². The van der Waals surface area contributed by atoms with Gasteiger partial charge in [0.1, 0.15) is 5.82 Å². The number of thioether (sulfide) groups is 1. The molecule has 4 nitrogen and oxygen atoms in total. The predicted octanol–water partition coefficient (Wildman–Crippen LogP) is 3.28. The smallest absolute Gasteiger partial charge is 0.228 e. The van der Waals surface area contributed by atoms with Gasteiger partial charge in [-0.3, -0.25) is 4.79 Å². The molecule has 0 amide bonds. The van der Waals surface area contributed by atoms with E-state index in [1.165, 1.54) is 0 Å². The average molecular weight is 295 g/mol. The zero-order valence-electron chi connectivity index (χ0n) is 11.1. The lowest BCUT2D eigenvalue weighted by molar-refractivity contribution is 0.109. The van der Waals surface area contributed by atoms with Gasteiger partial charge in [-0.05, 0) is 30.0 Å². The lowest BCUT2D eigenvalue weighted by Gasteiger charge is -2.04. The van der Waals surface area contributed by atoms with Gasteiger partial charge in [0, 0.05) is 16.1 Å². The summed E-state index contributed by atoms with van der Waals surface area (Å²) >= 11 is 1.07. The number of aromatic nitrogens is 1. The molecule has 5 heteroatoms. The molecule has 0 unspecified atom stereocenters. The lowest BCUT2D eigenvalue weighted by atomic mass is 10.1. The van der Waals surface area contributed by atoms with Crippen LogP contribution in [-0.4, -0.2) is 10.1 Å². The summed E-state index contributed by atoms with van der Waals surface area (Å²) in [5, 5.41) is -0.154. The Balaban J connectivity index is 2.00. The van der Waals surface area contributed by atoms with Crippen LogP contribution in [0.4, 0.5) is 11.5 Å². The lowest BCUT2D eigenvalue weighted by Crippen LogP contribution is -1.99. The average Bonchev–Trinajstić information content (AvgIpc) is 2.62. The summed E-state index contributed by atoms with van der Waals surface area (Å²) in [5.74, 6) is 0.253. The summed E-state index contributed by atoms with van der Waals surface area (Å²) in [6.45, 7) is 0. The number of carbonyl (C=O) groups is 1. The monoisotopic (exact) mass is 295 g/mol. The van der Waals surface area contributed by atoms with Gasteiger partial charge < -0.3 is 11.5 Å². The molecule has 0 aromatic heterocycles. The van der Waals surface area contributed by atoms with E-state index < -0.39 is 0 Å². The highest BCUT2D eigenvalue weighted by molar-refractivity contribution is 8.14. The number of nitrogens with two attached hydrogens (primary N) is 2. The third-order valence-electron chi connectivity index (χ3n) is 3.11. The number of anilines is 2. The number of nitrogens with zero attached hydrogens (tertiary/aromatic N) is 1. The van der Waals surface area contributed by atoms with Crippen LogP contribution in [0.15, 0.2) is 59.5 Å². The third-order valence-corrected chi connectivity index (χ3v) is 4.09. The summed E-state index contributed by atoms with van der Waals surface area (Å²) in [5.41, 5.74) is 14.3. The molecule has 0 saturated heterocycles. The van der Waals surface area contributed by atoms with Crippen LogP contribution < -0.4 is 11.5 Å². The molecule has 21 heavy (non-hydrogen) atoms. The highest BCUT2D eigenvalue weighted by Gasteiger charge is 2.22. The van der Waals surface area contributed by atoms with E-state index in [2.05, 4.69) is 4.98 Å². The van der Waals surface area contributed by atoms with Crippen LogP contribution in [0.5, 0.6) is 0 Å². The van der Waals surface area contributed by atoms with E-state index in [1.54, 1.807) is 6.07 Å². The van der Waals surface area contributed by atoms with Crippen molar-refractivity contribution in [2.75, 3.05) is 11.5 Å². The summed E-state index contributed by atoms with van der Waals surface area (Å²) < 4.78 is 0. The van der Waals surface area contributed by atoms with E-state index in [4.69, 9.17) is 11.5 Å². The molecule has 1 aromatic rings. The first-order valence-electron chi connectivity index (χ1n) is 6.37. The standard InChI is InChI=1S/C16H13N3OS/c17-11-7-4-5-9-13(11)21-16(20)14-10-6-2-1-3-8-12(10)19-15(14)18/h1-9H,17H2,(H2,18,19). The van der Waals surface area contributed by atoms with Crippen LogP contribution >= 0.6 is 11.8 Å². The molecule has 2 aliphatic rings. The fourth-order valence-corrected chi connectivity index (χ4v) is 2.96. The highest BCUT2D eigenvalue weighted by atomic mass is 32.2. The Morgan fingerprint density at radius 2 is 1.67 bits per heavy atom. The maximum Gasteiger partial charge on any atom is 0.228 e. The molecular formula is C16H13N3OS. The van der Waals surface area contributed by atoms with Crippen molar-refractivity contribution in [1.82, 2.24) is 4.98 Å². The molecule has 0 spiro atoms. The Labute approximate surface area is 126 Å². The molecule has 0 radical (unpaired) electrons. The normalized spacial score (nSPS) is 10.7. The SMILES string of the molecule is Nc1ccccc1SC(=O)c1c2cccccc-2nc1N. The van der Waals surface area contributed by atoms with E-state index >= 15 is 0 Å². The molecule has 1 aliphatic carbocycles. The van der Waals surface area contributed by atoms with Gasteiger partial charge in [0.25, 0.3) is 0 Å². The molecule has 104 valence electrons. The molecular weight excluding hydrogens is 282 g/mol. The first-order chi connectivity index (χ1) is 10.2. The molecule has 1 aromatic carbocycles. The number of hydrogen-bond donors (Lipinski definition) is 2. The van der Waals surface area contributed by atoms with E-state index in [-0.39, 0.29) is 10.9 Å². The van der Waals surface area contributed by atoms with Gasteiger partial charge in [0.05, 0.1) is 11.3 Å². The van der Waals surface area contributed by atoms with Gasteiger partial charge in [0.15, 0.2) is 0 Å².